The van der Waals surface area contributed by atoms with E-state index in [2.05, 4.69) is 15.3 Å². The number of nitrogens with two attached hydrogens (primary N) is 1. The summed E-state index contributed by atoms with van der Waals surface area (Å²) < 4.78 is 0. The average Bonchev–Trinajstić information content (AvgIpc) is 2.58. The first kappa shape index (κ1) is 16.2. The number of primary amides is 1. The van der Waals surface area contributed by atoms with Gasteiger partial charge in [-0.3, -0.25) is 9.78 Å². The van der Waals surface area contributed by atoms with Crippen molar-refractivity contribution in [1.29, 1.82) is 0 Å². The third kappa shape index (κ3) is 3.48. The van der Waals surface area contributed by atoms with Crippen LogP contribution in [-0.4, -0.2) is 15.9 Å². The van der Waals surface area contributed by atoms with Crippen molar-refractivity contribution in [3.63, 3.8) is 0 Å². The highest BCUT2D eigenvalue weighted by Gasteiger charge is 2.15. The van der Waals surface area contributed by atoms with Gasteiger partial charge in [0.1, 0.15) is 5.15 Å². The van der Waals surface area contributed by atoms with E-state index < -0.39 is 5.91 Å². The van der Waals surface area contributed by atoms with E-state index in [9.17, 15) is 4.79 Å². The standard InChI is InChI=1S/C17H12Cl2N4O/c18-10-3-5-11(6-4-10)23-14-9-22-15(19)8-13(14)16-12(17(20)24)2-1-7-21-16/h1-9,23H,(H2,20,24). The minimum atomic E-state index is -0.566. The summed E-state index contributed by atoms with van der Waals surface area (Å²) in [4.78, 5) is 20.1. The summed E-state index contributed by atoms with van der Waals surface area (Å²) in [6.45, 7) is 0. The van der Waals surface area contributed by atoms with Crippen molar-refractivity contribution in [1.82, 2.24) is 9.97 Å². The number of carbonyl (C=O) groups is 1. The molecule has 120 valence electrons. The molecular formula is C17H12Cl2N4O. The number of amides is 1. The molecule has 0 bridgehead atoms. The van der Waals surface area contributed by atoms with Crippen LogP contribution in [-0.2, 0) is 0 Å². The molecule has 1 amide bonds. The largest absolute Gasteiger partial charge is 0.366 e. The second-order valence-electron chi connectivity index (χ2n) is 4.95. The normalized spacial score (nSPS) is 10.4. The highest BCUT2D eigenvalue weighted by atomic mass is 35.5. The van der Waals surface area contributed by atoms with Gasteiger partial charge in [0, 0.05) is 22.5 Å². The van der Waals surface area contributed by atoms with E-state index in [4.69, 9.17) is 28.9 Å². The van der Waals surface area contributed by atoms with E-state index in [0.717, 1.165) is 5.69 Å². The average molecular weight is 359 g/mol. The molecule has 0 fully saturated rings. The van der Waals surface area contributed by atoms with Gasteiger partial charge in [0.15, 0.2) is 0 Å². The molecule has 3 aromatic rings. The number of rotatable bonds is 4. The monoisotopic (exact) mass is 358 g/mol. The lowest BCUT2D eigenvalue weighted by Crippen LogP contribution is -2.13. The number of aromatic nitrogens is 2. The lowest BCUT2D eigenvalue weighted by Gasteiger charge is -2.13. The number of hydrogen-bond donors (Lipinski definition) is 2. The van der Waals surface area contributed by atoms with Crippen LogP contribution in [0.3, 0.4) is 0 Å². The third-order valence-corrected chi connectivity index (χ3v) is 3.78. The lowest BCUT2D eigenvalue weighted by molar-refractivity contribution is 0.100. The highest BCUT2D eigenvalue weighted by molar-refractivity contribution is 6.30. The van der Waals surface area contributed by atoms with Gasteiger partial charge in [0.25, 0.3) is 5.91 Å². The Bertz CT molecular complexity index is 897. The fourth-order valence-corrected chi connectivity index (χ4v) is 2.52. The molecule has 24 heavy (non-hydrogen) atoms. The van der Waals surface area contributed by atoms with Crippen molar-refractivity contribution in [3.8, 4) is 11.3 Å². The van der Waals surface area contributed by atoms with Crippen LogP contribution in [0, 0.1) is 0 Å². The van der Waals surface area contributed by atoms with Crippen molar-refractivity contribution in [3.05, 3.63) is 70.6 Å². The molecule has 2 aromatic heterocycles. The van der Waals surface area contributed by atoms with Gasteiger partial charge < -0.3 is 11.1 Å². The molecule has 0 aliphatic carbocycles. The highest BCUT2D eigenvalue weighted by Crippen LogP contribution is 2.32. The van der Waals surface area contributed by atoms with Crippen molar-refractivity contribution in [2.45, 2.75) is 0 Å². The van der Waals surface area contributed by atoms with Crippen LogP contribution in [0.15, 0.2) is 54.9 Å². The van der Waals surface area contributed by atoms with Crippen LogP contribution in [0.25, 0.3) is 11.3 Å². The number of anilines is 2. The van der Waals surface area contributed by atoms with Crippen LogP contribution in [0.2, 0.25) is 10.2 Å². The maximum Gasteiger partial charge on any atom is 0.250 e. The third-order valence-electron chi connectivity index (χ3n) is 3.32. The summed E-state index contributed by atoms with van der Waals surface area (Å²) >= 11 is 11.9. The number of nitrogens with one attached hydrogen (secondary N) is 1. The van der Waals surface area contributed by atoms with E-state index in [1.807, 2.05) is 12.1 Å². The number of carbonyl (C=O) groups excluding carboxylic acids is 1. The maximum atomic E-state index is 11.7. The SMILES string of the molecule is NC(=O)c1cccnc1-c1cc(Cl)ncc1Nc1ccc(Cl)cc1. The topological polar surface area (TPSA) is 80.9 Å². The van der Waals surface area contributed by atoms with E-state index in [0.29, 0.717) is 27.5 Å². The van der Waals surface area contributed by atoms with Crippen LogP contribution >= 0.6 is 23.2 Å². The Kier molecular flexibility index (Phi) is 4.64. The molecule has 0 atom stereocenters. The molecule has 7 heteroatoms. The summed E-state index contributed by atoms with van der Waals surface area (Å²) in [5.41, 5.74) is 8.26. The summed E-state index contributed by atoms with van der Waals surface area (Å²) in [7, 11) is 0. The van der Waals surface area contributed by atoms with Gasteiger partial charge in [-0.05, 0) is 42.5 Å². The molecule has 1 aromatic carbocycles. The van der Waals surface area contributed by atoms with Gasteiger partial charge in [-0.2, -0.15) is 0 Å². The molecule has 5 nitrogen and oxygen atoms in total. The zero-order valence-corrected chi connectivity index (χ0v) is 13.8. The predicted octanol–water partition coefficient (Wildman–Crippen LogP) is 4.29. The first-order valence-electron chi connectivity index (χ1n) is 6.98. The summed E-state index contributed by atoms with van der Waals surface area (Å²) in [6, 6.07) is 12.1. The van der Waals surface area contributed by atoms with Gasteiger partial charge >= 0.3 is 0 Å². The molecule has 3 N–H and O–H groups in total. The molecule has 0 saturated carbocycles. The fourth-order valence-electron chi connectivity index (χ4n) is 2.23. The van der Waals surface area contributed by atoms with Gasteiger partial charge in [-0.1, -0.05) is 23.2 Å². The fraction of sp³-hybridized carbons (Fsp3) is 0. The van der Waals surface area contributed by atoms with Crippen LogP contribution in [0.1, 0.15) is 10.4 Å². The Hall–Kier alpha value is -2.63. The summed E-state index contributed by atoms with van der Waals surface area (Å²) in [6.07, 6.45) is 3.16. The Labute approximate surface area is 148 Å². The van der Waals surface area contributed by atoms with E-state index in [-0.39, 0.29) is 5.15 Å². The van der Waals surface area contributed by atoms with Crippen molar-refractivity contribution in [2.24, 2.45) is 5.73 Å². The Balaban J connectivity index is 2.10. The van der Waals surface area contributed by atoms with Gasteiger partial charge in [-0.15, -0.1) is 0 Å². The second kappa shape index (κ2) is 6.86. The molecule has 0 aliphatic rings. The van der Waals surface area contributed by atoms with Crippen LogP contribution in [0.4, 0.5) is 11.4 Å². The lowest BCUT2D eigenvalue weighted by atomic mass is 10.0. The molecule has 0 unspecified atom stereocenters. The van der Waals surface area contributed by atoms with Gasteiger partial charge in [0.05, 0.1) is 23.1 Å². The van der Waals surface area contributed by atoms with Crippen molar-refractivity contribution in [2.75, 3.05) is 5.32 Å². The first-order valence-corrected chi connectivity index (χ1v) is 7.73. The molecular weight excluding hydrogens is 347 g/mol. The van der Waals surface area contributed by atoms with Crippen LogP contribution < -0.4 is 11.1 Å². The van der Waals surface area contributed by atoms with Crippen LogP contribution in [0.5, 0.6) is 0 Å². The number of hydrogen-bond acceptors (Lipinski definition) is 4. The smallest absolute Gasteiger partial charge is 0.250 e. The first-order chi connectivity index (χ1) is 11.5. The van der Waals surface area contributed by atoms with Gasteiger partial charge in [-0.25, -0.2) is 4.98 Å². The minimum Gasteiger partial charge on any atom is -0.366 e. The number of halogens is 2. The number of pyridine rings is 2. The number of nitrogens with zero attached hydrogens (tertiary/aromatic N) is 2. The molecule has 2 heterocycles. The zero-order valence-electron chi connectivity index (χ0n) is 12.3. The summed E-state index contributed by atoms with van der Waals surface area (Å²) in [5, 5.41) is 4.14. The second-order valence-corrected chi connectivity index (χ2v) is 5.77. The Morgan fingerprint density at radius 3 is 2.54 bits per heavy atom. The Morgan fingerprint density at radius 1 is 1.08 bits per heavy atom. The zero-order chi connectivity index (χ0) is 17.1. The maximum absolute atomic E-state index is 11.7. The number of benzene rings is 1. The molecule has 0 radical (unpaired) electrons. The summed E-state index contributed by atoms with van der Waals surface area (Å²) in [5.74, 6) is -0.566. The molecule has 0 spiro atoms. The van der Waals surface area contributed by atoms with E-state index in [1.54, 1.807) is 42.7 Å². The minimum absolute atomic E-state index is 0.285. The molecule has 0 aliphatic heterocycles. The van der Waals surface area contributed by atoms with Crippen molar-refractivity contribution >= 4 is 40.5 Å². The van der Waals surface area contributed by atoms with Gasteiger partial charge in [0.2, 0.25) is 0 Å². The molecule has 3 rings (SSSR count). The van der Waals surface area contributed by atoms with E-state index in [1.165, 1.54) is 0 Å². The Morgan fingerprint density at radius 2 is 1.83 bits per heavy atom. The quantitative estimate of drug-likeness (QED) is 0.681. The molecule has 0 saturated heterocycles. The predicted molar refractivity (Wildman–Crippen MR) is 95.7 cm³/mol. The van der Waals surface area contributed by atoms with E-state index >= 15 is 0 Å². The van der Waals surface area contributed by atoms with Crippen molar-refractivity contribution < 1.29 is 4.79 Å².